The molecular formula is C18H23N3O3. The highest BCUT2D eigenvalue weighted by molar-refractivity contribution is 5.77. The first-order valence-corrected chi connectivity index (χ1v) is 8.24. The molecule has 24 heavy (non-hydrogen) atoms. The average Bonchev–Trinajstić information content (AvgIpc) is 3.17. The van der Waals surface area contributed by atoms with Gasteiger partial charge in [0.2, 0.25) is 5.91 Å². The molecule has 1 aromatic carbocycles. The number of amides is 1. The van der Waals surface area contributed by atoms with E-state index < -0.39 is 0 Å². The Morgan fingerprint density at radius 3 is 2.88 bits per heavy atom. The maximum Gasteiger partial charge on any atom is 0.248 e. The summed E-state index contributed by atoms with van der Waals surface area (Å²) in [6, 6.07) is 9.65. The lowest BCUT2D eigenvalue weighted by Crippen LogP contribution is -2.41. The lowest BCUT2D eigenvalue weighted by Gasteiger charge is -2.32. The van der Waals surface area contributed by atoms with Gasteiger partial charge in [-0.15, -0.1) is 0 Å². The van der Waals surface area contributed by atoms with E-state index in [4.69, 9.17) is 9.47 Å². The van der Waals surface area contributed by atoms with Crippen LogP contribution in [0.3, 0.4) is 0 Å². The van der Waals surface area contributed by atoms with Crippen molar-refractivity contribution in [1.29, 1.82) is 0 Å². The van der Waals surface area contributed by atoms with E-state index in [0.29, 0.717) is 12.5 Å². The van der Waals surface area contributed by atoms with Crippen molar-refractivity contribution < 1.29 is 14.3 Å². The highest BCUT2D eigenvalue weighted by Crippen LogP contribution is 2.25. The molecule has 2 heterocycles. The molecule has 0 bridgehead atoms. The van der Waals surface area contributed by atoms with Crippen molar-refractivity contribution in [1.82, 2.24) is 15.1 Å². The number of nitrogens with one attached hydrogen (secondary N) is 1. The highest BCUT2D eigenvalue weighted by atomic mass is 16.5. The number of H-pyrrole nitrogens is 1. The molecule has 6 heteroatoms. The van der Waals surface area contributed by atoms with Crippen LogP contribution < -0.4 is 4.74 Å². The van der Waals surface area contributed by atoms with Crippen LogP contribution in [0.5, 0.6) is 5.75 Å². The van der Waals surface area contributed by atoms with Crippen LogP contribution in [0.25, 0.3) is 0 Å². The molecule has 0 spiro atoms. The number of hydrogen-bond donors (Lipinski definition) is 1. The number of benzene rings is 1. The summed E-state index contributed by atoms with van der Waals surface area (Å²) in [5.41, 5.74) is 2.13. The summed E-state index contributed by atoms with van der Waals surface area (Å²) in [6.45, 7) is 2.07. The second-order valence-corrected chi connectivity index (χ2v) is 6.03. The third kappa shape index (κ3) is 4.14. The predicted molar refractivity (Wildman–Crippen MR) is 89.8 cm³/mol. The van der Waals surface area contributed by atoms with Gasteiger partial charge in [-0.1, -0.05) is 12.1 Å². The van der Waals surface area contributed by atoms with E-state index in [-0.39, 0.29) is 12.5 Å². The van der Waals surface area contributed by atoms with Gasteiger partial charge in [-0.05, 0) is 36.6 Å². The van der Waals surface area contributed by atoms with Gasteiger partial charge in [0, 0.05) is 30.9 Å². The Morgan fingerprint density at radius 1 is 1.33 bits per heavy atom. The third-order valence-electron chi connectivity index (χ3n) is 4.39. The Morgan fingerprint density at radius 2 is 2.17 bits per heavy atom. The van der Waals surface area contributed by atoms with E-state index in [2.05, 4.69) is 10.2 Å². The topological polar surface area (TPSA) is 67.5 Å². The van der Waals surface area contributed by atoms with Crippen molar-refractivity contribution >= 4 is 5.91 Å². The number of aromatic nitrogens is 2. The van der Waals surface area contributed by atoms with Gasteiger partial charge in [-0.2, -0.15) is 5.10 Å². The molecule has 1 N–H and O–H groups in total. The van der Waals surface area contributed by atoms with Gasteiger partial charge >= 0.3 is 0 Å². The Labute approximate surface area is 141 Å². The summed E-state index contributed by atoms with van der Waals surface area (Å²) in [5, 5.41) is 7.01. The molecule has 1 aliphatic rings. The smallest absolute Gasteiger partial charge is 0.248 e. The van der Waals surface area contributed by atoms with Crippen molar-refractivity contribution in [2.24, 2.45) is 0 Å². The summed E-state index contributed by atoms with van der Waals surface area (Å²) in [5.74, 6) is 1.20. The van der Waals surface area contributed by atoms with Crippen molar-refractivity contribution in [3.05, 3.63) is 47.8 Å². The van der Waals surface area contributed by atoms with Crippen LogP contribution in [0.4, 0.5) is 0 Å². The van der Waals surface area contributed by atoms with Gasteiger partial charge in [0.25, 0.3) is 0 Å². The number of carbonyl (C=O) groups is 1. The van der Waals surface area contributed by atoms with Crippen LogP contribution in [0.15, 0.2) is 36.5 Å². The number of likely N-dealkylation sites (tertiary alicyclic amines) is 1. The van der Waals surface area contributed by atoms with Crippen LogP contribution in [-0.2, 0) is 16.1 Å². The molecule has 1 aromatic heterocycles. The monoisotopic (exact) mass is 329 g/mol. The number of nitrogens with zero attached hydrogens (tertiary/aromatic N) is 2. The Kier molecular flexibility index (Phi) is 5.48. The molecule has 3 rings (SSSR count). The molecule has 1 amide bonds. The summed E-state index contributed by atoms with van der Waals surface area (Å²) in [4.78, 5) is 14.3. The molecule has 0 saturated carbocycles. The summed E-state index contributed by atoms with van der Waals surface area (Å²) in [7, 11) is 1.64. The number of hydrogen-bond acceptors (Lipinski definition) is 4. The third-order valence-corrected chi connectivity index (χ3v) is 4.39. The molecule has 0 aliphatic carbocycles. The minimum atomic E-state index is 0.0488. The second-order valence-electron chi connectivity index (χ2n) is 6.03. The van der Waals surface area contributed by atoms with Gasteiger partial charge in [-0.25, -0.2) is 0 Å². The van der Waals surface area contributed by atoms with Crippen LogP contribution in [0.2, 0.25) is 0 Å². The quantitative estimate of drug-likeness (QED) is 0.883. The Hall–Kier alpha value is -2.34. The maximum atomic E-state index is 12.4. The first-order chi connectivity index (χ1) is 11.8. The van der Waals surface area contributed by atoms with Gasteiger partial charge in [0.05, 0.1) is 13.7 Å². The van der Waals surface area contributed by atoms with E-state index in [1.807, 2.05) is 35.2 Å². The fourth-order valence-corrected chi connectivity index (χ4v) is 3.02. The molecule has 1 atom stereocenters. The zero-order chi connectivity index (χ0) is 16.8. The fraction of sp³-hybridized carbons (Fsp3) is 0.444. The average molecular weight is 329 g/mol. The van der Waals surface area contributed by atoms with Crippen molar-refractivity contribution in [3.8, 4) is 5.75 Å². The molecule has 1 fully saturated rings. The van der Waals surface area contributed by atoms with E-state index in [1.165, 1.54) is 0 Å². The Bertz CT molecular complexity index is 640. The SMILES string of the molecule is COc1ccc(COCC(=O)N2CCC[C@@H](c3ccn[nH]3)C2)cc1. The highest BCUT2D eigenvalue weighted by Gasteiger charge is 2.25. The number of methoxy groups -OCH3 is 1. The van der Waals surface area contributed by atoms with E-state index in [0.717, 1.165) is 42.9 Å². The maximum absolute atomic E-state index is 12.4. The Balaban J connectivity index is 1.45. The van der Waals surface area contributed by atoms with Crippen LogP contribution >= 0.6 is 0 Å². The first kappa shape index (κ1) is 16.5. The second kappa shape index (κ2) is 7.97. The van der Waals surface area contributed by atoms with Crippen LogP contribution in [0, 0.1) is 0 Å². The lowest BCUT2D eigenvalue weighted by atomic mass is 9.95. The van der Waals surface area contributed by atoms with E-state index >= 15 is 0 Å². The minimum absolute atomic E-state index is 0.0488. The molecule has 1 aliphatic heterocycles. The zero-order valence-corrected chi connectivity index (χ0v) is 13.9. The number of piperidine rings is 1. The van der Waals surface area contributed by atoms with Crippen LogP contribution in [-0.4, -0.2) is 47.8 Å². The molecule has 1 saturated heterocycles. The van der Waals surface area contributed by atoms with Crippen molar-refractivity contribution in [2.75, 3.05) is 26.8 Å². The first-order valence-electron chi connectivity index (χ1n) is 8.24. The summed E-state index contributed by atoms with van der Waals surface area (Å²) < 4.78 is 10.7. The number of rotatable bonds is 6. The standard InChI is InChI=1S/C18H23N3O3/c1-23-16-6-4-14(5-7-16)12-24-13-18(22)21-10-2-3-15(11-21)17-8-9-19-20-17/h4-9,15H,2-3,10-13H2,1H3,(H,19,20)/t15-/m1/s1. The van der Waals surface area contributed by atoms with Gasteiger partial charge in [0.15, 0.2) is 0 Å². The van der Waals surface area contributed by atoms with Gasteiger partial charge in [0.1, 0.15) is 12.4 Å². The molecule has 0 unspecified atom stereocenters. The number of ether oxygens (including phenoxy) is 2. The minimum Gasteiger partial charge on any atom is -0.497 e. The van der Waals surface area contributed by atoms with Crippen LogP contribution in [0.1, 0.15) is 30.0 Å². The van der Waals surface area contributed by atoms with Crippen molar-refractivity contribution in [3.63, 3.8) is 0 Å². The van der Waals surface area contributed by atoms with Gasteiger partial charge in [-0.3, -0.25) is 9.89 Å². The molecule has 0 radical (unpaired) electrons. The zero-order valence-electron chi connectivity index (χ0n) is 13.9. The number of carbonyl (C=O) groups excluding carboxylic acids is 1. The molecule has 6 nitrogen and oxygen atoms in total. The molecular weight excluding hydrogens is 306 g/mol. The van der Waals surface area contributed by atoms with Gasteiger partial charge < -0.3 is 14.4 Å². The molecule has 128 valence electrons. The van der Waals surface area contributed by atoms with E-state index in [9.17, 15) is 4.79 Å². The lowest BCUT2D eigenvalue weighted by molar-refractivity contribution is -0.137. The fourth-order valence-electron chi connectivity index (χ4n) is 3.02. The number of aromatic amines is 1. The predicted octanol–water partition coefficient (Wildman–Crippen LogP) is 2.34. The normalized spacial score (nSPS) is 17.7. The summed E-state index contributed by atoms with van der Waals surface area (Å²) in [6.07, 6.45) is 3.85. The molecule has 2 aromatic rings. The summed E-state index contributed by atoms with van der Waals surface area (Å²) >= 11 is 0. The largest absolute Gasteiger partial charge is 0.497 e. The van der Waals surface area contributed by atoms with E-state index in [1.54, 1.807) is 13.3 Å². The van der Waals surface area contributed by atoms with Crippen molar-refractivity contribution in [2.45, 2.75) is 25.4 Å².